The van der Waals surface area contributed by atoms with Crippen molar-refractivity contribution in [2.45, 2.75) is 13.2 Å². The van der Waals surface area contributed by atoms with Crippen LogP contribution in [0.2, 0.25) is 0 Å². The van der Waals surface area contributed by atoms with Gasteiger partial charge in [0.1, 0.15) is 5.82 Å². The standard InChI is InChI=1S/C23H20N2O2/c26-14-17-10-4-6-12-19(17)21-22(20-13-7-5-11-18(20)15-27)25-23(24-21)16-8-2-1-3-9-16/h1-13,26-27H,14-15H2,(H,24,25). The fraction of sp³-hybridized carbons (Fsp3) is 0.0870. The molecular formula is C23H20N2O2. The molecule has 27 heavy (non-hydrogen) atoms. The number of aliphatic hydroxyl groups excluding tert-OH is 2. The Kier molecular flexibility index (Phi) is 4.83. The molecule has 0 saturated carbocycles. The maximum absolute atomic E-state index is 9.79. The monoisotopic (exact) mass is 356 g/mol. The second-order valence-corrected chi connectivity index (χ2v) is 6.31. The first kappa shape index (κ1) is 17.2. The van der Waals surface area contributed by atoms with Crippen molar-refractivity contribution in [3.8, 4) is 33.9 Å². The maximum Gasteiger partial charge on any atom is 0.138 e. The van der Waals surface area contributed by atoms with Crippen molar-refractivity contribution in [2.24, 2.45) is 0 Å². The zero-order chi connectivity index (χ0) is 18.6. The predicted molar refractivity (Wildman–Crippen MR) is 107 cm³/mol. The average molecular weight is 356 g/mol. The van der Waals surface area contributed by atoms with Crippen LogP contribution in [0.1, 0.15) is 11.1 Å². The zero-order valence-electron chi connectivity index (χ0n) is 14.8. The Hall–Kier alpha value is -3.21. The van der Waals surface area contributed by atoms with Crippen molar-refractivity contribution < 1.29 is 10.2 Å². The maximum atomic E-state index is 9.79. The van der Waals surface area contributed by atoms with Gasteiger partial charge in [-0.2, -0.15) is 0 Å². The number of nitrogens with one attached hydrogen (secondary N) is 1. The molecule has 3 aromatic carbocycles. The van der Waals surface area contributed by atoms with Gasteiger partial charge in [0.2, 0.25) is 0 Å². The third-order valence-corrected chi connectivity index (χ3v) is 4.65. The molecule has 0 radical (unpaired) electrons. The number of rotatable bonds is 5. The molecule has 4 nitrogen and oxygen atoms in total. The third-order valence-electron chi connectivity index (χ3n) is 4.65. The summed E-state index contributed by atoms with van der Waals surface area (Å²) in [5.74, 6) is 0.751. The van der Waals surface area contributed by atoms with Crippen LogP contribution < -0.4 is 0 Å². The van der Waals surface area contributed by atoms with Crippen LogP contribution in [0.5, 0.6) is 0 Å². The van der Waals surface area contributed by atoms with E-state index in [4.69, 9.17) is 4.98 Å². The first-order chi connectivity index (χ1) is 13.3. The lowest BCUT2D eigenvalue weighted by atomic mass is 9.98. The van der Waals surface area contributed by atoms with E-state index in [-0.39, 0.29) is 13.2 Å². The summed E-state index contributed by atoms with van der Waals surface area (Å²) in [6, 6.07) is 25.3. The predicted octanol–water partition coefficient (Wildman–Crippen LogP) is 4.40. The molecule has 0 bridgehead atoms. The lowest BCUT2D eigenvalue weighted by Gasteiger charge is -2.10. The van der Waals surface area contributed by atoms with E-state index in [2.05, 4.69) is 4.98 Å². The highest BCUT2D eigenvalue weighted by atomic mass is 16.3. The van der Waals surface area contributed by atoms with Gasteiger partial charge in [-0.3, -0.25) is 0 Å². The van der Waals surface area contributed by atoms with Gasteiger partial charge in [-0.25, -0.2) is 4.98 Å². The Morgan fingerprint density at radius 2 is 1.22 bits per heavy atom. The van der Waals surface area contributed by atoms with Crippen LogP contribution in [-0.4, -0.2) is 20.2 Å². The van der Waals surface area contributed by atoms with Crippen LogP contribution in [0.15, 0.2) is 78.9 Å². The summed E-state index contributed by atoms with van der Waals surface area (Å²) in [4.78, 5) is 8.30. The Balaban J connectivity index is 1.98. The van der Waals surface area contributed by atoms with Crippen molar-refractivity contribution in [3.63, 3.8) is 0 Å². The van der Waals surface area contributed by atoms with E-state index in [9.17, 15) is 10.2 Å². The number of aromatic nitrogens is 2. The third kappa shape index (κ3) is 3.28. The van der Waals surface area contributed by atoms with E-state index < -0.39 is 0 Å². The van der Waals surface area contributed by atoms with Crippen molar-refractivity contribution in [2.75, 3.05) is 0 Å². The summed E-state index contributed by atoms with van der Waals surface area (Å²) in [6.07, 6.45) is 0. The van der Waals surface area contributed by atoms with E-state index in [1.54, 1.807) is 0 Å². The molecule has 0 spiro atoms. The highest BCUT2D eigenvalue weighted by Crippen LogP contribution is 2.36. The first-order valence-corrected chi connectivity index (χ1v) is 8.85. The van der Waals surface area contributed by atoms with Crippen molar-refractivity contribution >= 4 is 0 Å². The average Bonchev–Trinajstić information content (AvgIpc) is 3.19. The second-order valence-electron chi connectivity index (χ2n) is 6.31. The van der Waals surface area contributed by atoms with Gasteiger partial charge in [-0.05, 0) is 11.1 Å². The van der Waals surface area contributed by atoms with E-state index in [0.717, 1.165) is 45.0 Å². The molecule has 0 saturated heterocycles. The van der Waals surface area contributed by atoms with Gasteiger partial charge in [0.05, 0.1) is 24.6 Å². The van der Waals surface area contributed by atoms with E-state index >= 15 is 0 Å². The summed E-state index contributed by atoms with van der Waals surface area (Å²) in [7, 11) is 0. The van der Waals surface area contributed by atoms with E-state index in [0.29, 0.717) is 0 Å². The van der Waals surface area contributed by atoms with Gasteiger partial charge in [0.25, 0.3) is 0 Å². The number of hydrogen-bond acceptors (Lipinski definition) is 3. The highest BCUT2D eigenvalue weighted by molar-refractivity contribution is 5.83. The molecule has 0 amide bonds. The molecule has 3 N–H and O–H groups in total. The van der Waals surface area contributed by atoms with Gasteiger partial charge >= 0.3 is 0 Å². The summed E-state index contributed by atoms with van der Waals surface area (Å²) >= 11 is 0. The quantitative estimate of drug-likeness (QED) is 0.496. The molecule has 0 unspecified atom stereocenters. The molecule has 134 valence electrons. The van der Waals surface area contributed by atoms with E-state index in [1.165, 1.54) is 0 Å². The Morgan fingerprint density at radius 1 is 0.667 bits per heavy atom. The van der Waals surface area contributed by atoms with Crippen LogP contribution >= 0.6 is 0 Å². The molecule has 1 aromatic heterocycles. The van der Waals surface area contributed by atoms with Crippen LogP contribution in [0.4, 0.5) is 0 Å². The molecule has 0 atom stereocenters. The minimum absolute atomic E-state index is 0.0586. The number of hydrogen-bond donors (Lipinski definition) is 3. The van der Waals surface area contributed by atoms with Gasteiger partial charge < -0.3 is 15.2 Å². The van der Waals surface area contributed by atoms with Crippen molar-refractivity contribution in [3.05, 3.63) is 90.0 Å². The molecule has 4 rings (SSSR count). The van der Waals surface area contributed by atoms with Gasteiger partial charge in [0, 0.05) is 16.7 Å². The summed E-state index contributed by atoms with van der Waals surface area (Å²) in [5, 5.41) is 19.6. The number of benzene rings is 3. The SMILES string of the molecule is OCc1ccccc1-c1nc(-c2ccccc2)[nH]c1-c1ccccc1CO. The van der Waals surface area contributed by atoms with Crippen molar-refractivity contribution in [1.29, 1.82) is 0 Å². The molecular weight excluding hydrogens is 336 g/mol. The summed E-state index contributed by atoms with van der Waals surface area (Å²) in [6.45, 7) is -0.123. The molecule has 0 fully saturated rings. The lowest BCUT2D eigenvalue weighted by molar-refractivity contribution is 0.282. The molecule has 1 heterocycles. The minimum atomic E-state index is -0.0647. The zero-order valence-corrected chi connectivity index (χ0v) is 14.8. The molecule has 0 aliphatic heterocycles. The fourth-order valence-electron chi connectivity index (χ4n) is 3.29. The van der Waals surface area contributed by atoms with Crippen LogP contribution in [0, 0.1) is 0 Å². The van der Waals surface area contributed by atoms with Gasteiger partial charge in [-0.15, -0.1) is 0 Å². The number of H-pyrrole nitrogens is 1. The topological polar surface area (TPSA) is 69.1 Å². The van der Waals surface area contributed by atoms with E-state index in [1.807, 2.05) is 78.9 Å². The second kappa shape index (κ2) is 7.58. The first-order valence-electron chi connectivity index (χ1n) is 8.85. The Labute approximate surface area is 157 Å². The lowest BCUT2D eigenvalue weighted by Crippen LogP contribution is -1.94. The van der Waals surface area contributed by atoms with Gasteiger partial charge in [0.15, 0.2) is 0 Å². The number of aliphatic hydroxyl groups is 2. The fourth-order valence-corrected chi connectivity index (χ4v) is 3.29. The molecule has 0 aliphatic rings. The minimum Gasteiger partial charge on any atom is -0.392 e. The Bertz CT molecular complexity index is 990. The molecule has 4 heteroatoms. The number of aromatic amines is 1. The van der Waals surface area contributed by atoms with Crippen LogP contribution in [-0.2, 0) is 13.2 Å². The smallest absolute Gasteiger partial charge is 0.138 e. The molecule has 4 aromatic rings. The highest BCUT2D eigenvalue weighted by Gasteiger charge is 2.19. The largest absolute Gasteiger partial charge is 0.392 e. The number of nitrogens with zero attached hydrogens (tertiary/aromatic N) is 1. The van der Waals surface area contributed by atoms with Crippen molar-refractivity contribution in [1.82, 2.24) is 9.97 Å². The van der Waals surface area contributed by atoms with Crippen LogP contribution in [0.25, 0.3) is 33.9 Å². The number of imidazole rings is 1. The summed E-state index contributed by atoms with van der Waals surface area (Å²) in [5.41, 5.74) is 5.99. The molecule has 0 aliphatic carbocycles. The van der Waals surface area contributed by atoms with Gasteiger partial charge in [-0.1, -0.05) is 78.9 Å². The summed E-state index contributed by atoms with van der Waals surface area (Å²) < 4.78 is 0. The van der Waals surface area contributed by atoms with Crippen LogP contribution in [0.3, 0.4) is 0 Å². The normalized spacial score (nSPS) is 10.9. The Morgan fingerprint density at radius 3 is 1.89 bits per heavy atom.